The van der Waals surface area contributed by atoms with E-state index in [0.717, 1.165) is 6.26 Å². The van der Waals surface area contributed by atoms with E-state index in [-0.39, 0.29) is 0 Å². The van der Waals surface area contributed by atoms with E-state index < -0.39 is 11.1 Å². The van der Waals surface area contributed by atoms with Crippen molar-refractivity contribution < 1.29 is 8.76 Å². The molecule has 0 aliphatic rings. The summed E-state index contributed by atoms with van der Waals surface area (Å²) in [5.74, 6) is 0. The molecule has 0 spiro atoms. The van der Waals surface area contributed by atoms with Gasteiger partial charge in [0.05, 0.1) is 0 Å². The maximum absolute atomic E-state index is 9.00. The van der Waals surface area contributed by atoms with Crippen LogP contribution < -0.4 is 0 Å². The topological polar surface area (TPSA) is 40.1 Å². The molecule has 42 valence electrons. The van der Waals surface area contributed by atoms with E-state index in [1.807, 2.05) is 0 Å². The molecule has 4 heteroatoms. The maximum atomic E-state index is 9.00. The number of hydrogen-bond acceptors (Lipinski definition) is 2. The zero-order chi connectivity index (χ0) is 5.58. The van der Waals surface area contributed by atoms with Crippen molar-refractivity contribution in [3.63, 3.8) is 0 Å². The fourth-order valence-corrected chi connectivity index (χ4v) is 0. The van der Waals surface area contributed by atoms with Gasteiger partial charge in [-0.15, -0.1) is 0 Å². The van der Waals surface area contributed by atoms with Gasteiger partial charge in [0.2, 0.25) is 0 Å². The monoisotopic (exact) mass is 375 g/mol. The van der Waals surface area contributed by atoms with Crippen LogP contribution in [0.4, 0.5) is 0 Å². The molecule has 0 aromatic heterocycles. The number of hydrogen-bond donors (Lipinski definition) is 0. The minimum atomic E-state index is -1.86. The molecule has 0 aliphatic heterocycles. The van der Waals surface area contributed by atoms with Gasteiger partial charge in [0.15, 0.2) is 0 Å². The van der Waals surface area contributed by atoms with E-state index in [1.165, 1.54) is 0 Å². The van der Waals surface area contributed by atoms with Gasteiger partial charge in [-0.1, -0.05) is 11.1 Å². The van der Waals surface area contributed by atoms with Gasteiger partial charge in [0, 0.05) is 0 Å². The van der Waals surface area contributed by atoms with Gasteiger partial charge >= 0.3 is 0 Å². The average Bonchev–Trinajstić information content (AvgIpc) is 1.41. The van der Waals surface area contributed by atoms with Crippen LogP contribution in [-0.2, 0) is 11.1 Å². The second-order valence-electron chi connectivity index (χ2n) is 0.401. The molecule has 1 atom stereocenters. The Kier molecular flexibility index (Phi) is 45.7. The van der Waals surface area contributed by atoms with Crippen LogP contribution in [0.25, 0.3) is 0 Å². The van der Waals surface area contributed by atoms with Crippen LogP contribution in [0.5, 0.6) is 0 Å². The summed E-state index contributed by atoms with van der Waals surface area (Å²) < 4.78 is 18.0. The van der Waals surface area contributed by atoms with Crippen molar-refractivity contribution in [2.24, 2.45) is 0 Å². The van der Waals surface area contributed by atoms with Gasteiger partial charge in [-0.25, -0.2) is 0 Å². The molecule has 0 rings (SSSR count). The fourth-order valence-electron chi connectivity index (χ4n) is 0. The van der Waals surface area contributed by atoms with Crippen LogP contribution in [0.15, 0.2) is 0 Å². The minimum absolute atomic E-state index is 0. The fraction of sp³-hybridized carbons (Fsp3) is 0.667. The molecule has 1 unspecified atom stereocenters. The average molecular weight is 375 g/mol. The molecule has 0 fully saturated rings. The number of rotatable bonds is 0. The third-order valence-corrected chi connectivity index (χ3v) is 0. The molecular formula is C3H8O2RfS-2. The minimum Gasteiger partial charge on any atom is -0.773 e. The summed E-state index contributed by atoms with van der Waals surface area (Å²) in [7, 11) is 0. The van der Waals surface area contributed by atoms with Gasteiger partial charge in [0.1, 0.15) is 0 Å². The van der Waals surface area contributed by atoms with Crippen molar-refractivity contribution in [3.05, 3.63) is 6.92 Å². The van der Waals surface area contributed by atoms with Crippen LogP contribution in [0, 0.1) is 6.92 Å². The Bertz CT molecular complexity index is 35.9. The molecule has 7 heavy (non-hydrogen) atoms. The zero-order valence-electron chi connectivity index (χ0n) is 4.64. The molecule has 0 aliphatic carbocycles. The molecule has 0 radical (unpaired) electrons. The Morgan fingerprint density at radius 3 is 1.57 bits per heavy atom. The van der Waals surface area contributed by atoms with Gasteiger partial charge in [-0.05, 0) is 6.26 Å². The first-order valence-corrected chi connectivity index (χ1v) is 2.93. The van der Waals surface area contributed by atoms with Gasteiger partial charge in [0.25, 0.3) is 0 Å². The predicted octanol–water partition coefficient (Wildman–Crippen LogP) is 0.336. The van der Waals surface area contributed by atoms with Gasteiger partial charge < -0.3 is 11.5 Å². The Morgan fingerprint density at radius 2 is 1.57 bits per heavy atom. The standard InChI is InChI=1S/C2H5.CH4O2S.Rf/c1-2;1-4(2)3;/h1H2,2H3;1H3,(H,2,3);/q-1;;/p-1. The molecule has 0 aromatic rings. The summed E-state index contributed by atoms with van der Waals surface area (Å²) in [5.41, 5.74) is 0. The van der Waals surface area contributed by atoms with E-state index in [4.69, 9.17) is 8.76 Å². The van der Waals surface area contributed by atoms with E-state index in [9.17, 15) is 0 Å². The first kappa shape index (κ1) is 16.5. The molecule has 0 saturated carbocycles. The molecule has 0 amide bonds. The molecule has 0 N–H and O–H groups in total. The second kappa shape index (κ2) is 19.4. The zero-order valence-corrected chi connectivity index (χ0v) is 11.9. The summed E-state index contributed by atoms with van der Waals surface area (Å²) >= 11 is -1.86. The summed E-state index contributed by atoms with van der Waals surface area (Å²) in [6.45, 7) is 5.00. The quantitative estimate of drug-likeness (QED) is 0.453. The van der Waals surface area contributed by atoms with Crippen LogP contribution in [0.1, 0.15) is 6.92 Å². The van der Waals surface area contributed by atoms with E-state index in [1.54, 1.807) is 6.92 Å². The van der Waals surface area contributed by atoms with Crippen LogP contribution in [-0.4, -0.2) is 15.0 Å². The van der Waals surface area contributed by atoms with Gasteiger partial charge in [-0.3, -0.25) is 4.21 Å². The largest absolute Gasteiger partial charge is 0.773 e. The maximum Gasteiger partial charge on any atom is 0 e. The van der Waals surface area contributed by atoms with Gasteiger partial charge in [-0.2, -0.15) is 6.92 Å². The third-order valence-electron chi connectivity index (χ3n) is 0. The van der Waals surface area contributed by atoms with Crippen molar-refractivity contribution in [1.82, 2.24) is 0 Å². The Hall–Kier alpha value is -0.890. The molecule has 0 saturated heterocycles. The smallest absolute Gasteiger partial charge is 0 e. The van der Waals surface area contributed by atoms with Crippen LogP contribution in [0.3, 0.4) is 0 Å². The first-order chi connectivity index (χ1) is 2.73. The van der Waals surface area contributed by atoms with E-state index in [2.05, 4.69) is 6.92 Å². The van der Waals surface area contributed by atoms with Crippen LogP contribution >= 0.6 is 0 Å². The summed E-state index contributed by atoms with van der Waals surface area (Å²) in [4.78, 5) is 0. The van der Waals surface area contributed by atoms with Crippen molar-refractivity contribution >= 4 is 11.1 Å². The SMILES string of the molecule is CS(=O)[O-].[CH2-]C.[Rf]. The Labute approximate surface area is 40.9 Å². The van der Waals surface area contributed by atoms with Crippen molar-refractivity contribution in [3.8, 4) is 0 Å². The van der Waals surface area contributed by atoms with Crippen molar-refractivity contribution in [2.75, 3.05) is 6.26 Å². The van der Waals surface area contributed by atoms with E-state index in [0.29, 0.717) is 0 Å². The third kappa shape index (κ3) is 62.4. The summed E-state index contributed by atoms with van der Waals surface area (Å²) in [6.07, 6.45) is 1.08. The molecular weight excluding hydrogens is 367 g/mol. The van der Waals surface area contributed by atoms with Crippen molar-refractivity contribution in [1.29, 1.82) is 0 Å². The predicted molar refractivity (Wildman–Crippen MR) is 25.9 cm³/mol. The first-order valence-electron chi connectivity index (χ1n) is 1.45. The molecule has 2 nitrogen and oxygen atoms in total. The van der Waals surface area contributed by atoms with Crippen molar-refractivity contribution in [2.45, 2.75) is 6.92 Å². The second-order valence-corrected chi connectivity index (χ2v) is 1.20. The summed E-state index contributed by atoms with van der Waals surface area (Å²) in [5, 5.41) is 0. The Morgan fingerprint density at radius 1 is 1.57 bits per heavy atom. The molecule has 0 bridgehead atoms. The van der Waals surface area contributed by atoms with E-state index >= 15 is 0 Å². The normalized spacial score (nSPS) is 9.71. The van der Waals surface area contributed by atoms with Crippen LogP contribution in [0.2, 0.25) is 0 Å². The summed E-state index contributed by atoms with van der Waals surface area (Å²) in [6, 6.07) is 0. The molecule has 0 aromatic carbocycles. The molecule has 0 heterocycles. The Balaban J connectivity index is -0.0000000480.